The highest BCUT2D eigenvalue weighted by molar-refractivity contribution is 5.77. The maximum absolute atomic E-state index is 13.3. The van der Waals surface area contributed by atoms with Crippen LogP contribution in [0.15, 0.2) is 48.6 Å². The molecule has 0 bridgehead atoms. The second-order valence-corrected chi connectivity index (χ2v) is 19.7. The van der Waals surface area contributed by atoms with Crippen LogP contribution in [-0.2, 0) is 14.3 Å². The van der Waals surface area contributed by atoms with Gasteiger partial charge in [0.1, 0.15) is 6.10 Å². The molecule has 3 N–H and O–H groups in total. The van der Waals surface area contributed by atoms with Gasteiger partial charge in [0, 0.05) is 6.42 Å². The highest BCUT2D eigenvalue weighted by Crippen LogP contribution is 2.18. The van der Waals surface area contributed by atoms with Gasteiger partial charge in [0.05, 0.1) is 25.2 Å². The number of allylic oxidation sites excluding steroid dienone is 8. The van der Waals surface area contributed by atoms with Gasteiger partial charge in [0.2, 0.25) is 5.91 Å². The van der Waals surface area contributed by atoms with E-state index in [0.29, 0.717) is 19.3 Å². The average Bonchev–Trinajstić information content (AvgIpc) is 3.31. The van der Waals surface area contributed by atoms with Crippen LogP contribution in [0.5, 0.6) is 0 Å². The molecule has 0 saturated heterocycles. The molecule has 3 unspecified atom stereocenters. The number of carbonyl (C=O) groups excluding carboxylic acids is 2. The molecule has 0 aliphatic carbocycles. The van der Waals surface area contributed by atoms with Crippen LogP contribution in [0.25, 0.3) is 0 Å². The number of nitrogens with one attached hydrogen (secondary N) is 1. The molecule has 6 heteroatoms. The Morgan fingerprint density at radius 3 is 1.14 bits per heavy atom. The molecule has 0 aliphatic heterocycles. The van der Waals surface area contributed by atoms with Gasteiger partial charge in [-0.25, -0.2) is 0 Å². The number of aliphatic hydroxyl groups excluding tert-OH is 2. The van der Waals surface area contributed by atoms with Crippen molar-refractivity contribution < 1.29 is 24.5 Å². The van der Waals surface area contributed by atoms with Crippen LogP contribution in [0.3, 0.4) is 0 Å². The molecule has 0 fully saturated rings. The lowest BCUT2D eigenvalue weighted by atomic mass is 10.0. The van der Waals surface area contributed by atoms with Gasteiger partial charge < -0.3 is 20.3 Å². The van der Waals surface area contributed by atoms with Gasteiger partial charge in [-0.05, 0) is 77.0 Å². The number of esters is 1. The Morgan fingerprint density at radius 2 is 0.758 bits per heavy atom. The predicted molar refractivity (Wildman–Crippen MR) is 287 cm³/mol. The standard InChI is InChI=1S/C60H111NO5/c1-4-7-10-13-16-19-22-25-27-29-30-32-35-38-41-44-47-50-53-60(65)66-56(51-48-45-42-39-36-34-31-28-26-23-20-17-14-11-8-5-2)54-59(64)61-57(55-62)58(63)52-49-46-43-40-37-33-24-21-18-15-12-9-6-3/h27-32,34,36,56-58,62-63H,4-26,33,35,37-55H2,1-3H3,(H,61,64)/b29-27+,31-28+,32-30+,36-34+. The Bertz CT molecular complexity index is 1130. The van der Waals surface area contributed by atoms with Crippen LogP contribution in [0.2, 0.25) is 0 Å². The molecule has 0 rings (SSSR count). The molecule has 386 valence electrons. The van der Waals surface area contributed by atoms with Crippen molar-refractivity contribution in [3.63, 3.8) is 0 Å². The minimum absolute atomic E-state index is 0.0545. The quantitative estimate of drug-likeness (QED) is 0.0321. The minimum Gasteiger partial charge on any atom is -0.462 e. The summed E-state index contributed by atoms with van der Waals surface area (Å²) in [6, 6.07) is -0.714. The fraction of sp³-hybridized carbons (Fsp3) is 0.833. The summed E-state index contributed by atoms with van der Waals surface area (Å²) in [4.78, 5) is 26.3. The molecule has 0 radical (unpaired) electrons. The first kappa shape index (κ1) is 63.8. The smallest absolute Gasteiger partial charge is 0.306 e. The van der Waals surface area contributed by atoms with Crippen molar-refractivity contribution in [3.05, 3.63) is 48.6 Å². The number of unbranched alkanes of at least 4 members (excludes halogenated alkanes) is 34. The maximum atomic E-state index is 13.3. The summed E-state index contributed by atoms with van der Waals surface area (Å²) in [5.74, 6) is -0.508. The second kappa shape index (κ2) is 53.8. The number of carbonyl (C=O) groups is 2. The van der Waals surface area contributed by atoms with Gasteiger partial charge in [-0.15, -0.1) is 0 Å². The Hall–Kier alpha value is -2.18. The largest absolute Gasteiger partial charge is 0.462 e. The zero-order chi connectivity index (χ0) is 48.1. The number of amides is 1. The summed E-state index contributed by atoms with van der Waals surface area (Å²) in [5.41, 5.74) is 0. The molecule has 0 heterocycles. The summed E-state index contributed by atoms with van der Waals surface area (Å²) in [7, 11) is 0. The van der Waals surface area contributed by atoms with E-state index in [9.17, 15) is 19.8 Å². The third kappa shape index (κ3) is 48.3. The van der Waals surface area contributed by atoms with Crippen LogP contribution in [0, 0.1) is 0 Å². The summed E-state index contributed by atoms with van der Waals surface area (Å²) in [6.07, 6.45) is 66.0. The van der Waals surface area contributed by atoms with Crippen molar-refractivity contribution in [2.45, 2.75) is 315 Å². The molecule has 0 aromatic rings. The summed E-state index contributed by atoms with van der Waals surface area (Å²) in [5, 5.41) is 23.8. The van der Waals surface area contributed by atoms with Crippen LogP contribution in [0.4, 0.5) is 0 Å². The third-order valence-electron chi connectivity index (χ3n) is 13.2. The van der Waals surface area contributed by atoms with Gasteiger partial charge in [-0.1, -0.05) is 256 Å². The zero-order valence-electron chi connectivity index (χ0n) is 44.1. The van der Waals surface area contributed by atoms with Crippen molar-refractivity contribution in [2.75, 3.05) is 6.61 Å². The lowest BCUT2D eigenvalue weighted by Gasteiger charge is -2.24. The normalized spacial score (nSPS) is 13.5. The van der Waals surface area contributed by atoms with Gasteiger partial charge >= 0.3 is 5.97 Å². The van der Waals surface area contributed by atoms with E-state index < -0.39 is 18.2 Å². The van der Waals surface area contributed by atoms with Crippen LogP contribution in [0.1, 0.15) is 297 Å². The molecule has 0 spiro atoms. The third-order valence-corrected chi connectivity index (χ3v) is 13.2. The minimum atomic E-state index is -0.798. The van der Waals surface area contributed by atoms with Gasteiger partial charge in [-0.2, -0.15) is 0 Å². The van der Waals surface area contributed by atoms with Crippen molar-refractivity contribution in [3.8, 4) is 0 Å². The van der Waals surface area contributed by atoms with Crippen molar-refractivity contribution >= 4 is 11.9 Å². The monoisotopic (exact) mass is 926 g/mol. The molecule has 0 aliphatic rings. The van der Waals surface area contributed by atoms with Crippen molar-refractivity contribution in [2.24, 2.45) is 0 Å². The summed E-state index contributed by atoms with van der Waals surface area (Å²) < 4.78 is 5.94. The van der Waals surface area contributed by atoms with E-state index in [4.69, 9.17) is 4.74 Å². The molecule has 0 aromatic carbocycles. The first-order chi connectivity index (χ1) is 32.5. The molecular formula is C60H111NO5. The first-order valence-electron chi connectivity index (χ1n) is 28.9. The Kier molecular flexibility index (Phi) is 52.0. The molecular weight excluding hydrogens is 815 g/mol. The SMILES string of the molecule is CCCCCCCCC/C=C/C=C/CCCCCCCC(=O)OC(CCCCC/C=C/C=C/CCCCCCCCC)CC(=O)NC(CO)C(O)CCCCCCCCCCCCCCC. The van der Waals surface area contributed by atoms with E-state index in [1.54, 1.807) is 0 Å². The molecule has 3 atom stereocenters. The number of hydrogen-bond donors (Lipinski definition) is 3. The van der Waals surface area contributed by atoms with E-state index in [1.807, 2.05) is 0 Å². The maximum Gasteiger partial charge on any atom is 0.306 e. The molecule has 66 heavy (non-hydrogen) atoms. The number of aliphatic hydroxyl groups is 2. The number of hydrogen-bond acceptors (Lipinski definition) is 5. The highest BCUT2D eigenvalue weighted by Gasteiger charge is 2.24. The topological polar surface area (TPSA) is 95.9 Å². The van der Waals surface area contributed by atoms with Crippen molar-refractivity contribution in [1.29, 1.82) is 0 Å². The predicted octanol–water partition coefficient (Wildman–Crippen LogP) is 17.8. The molecule has 1 amide bonds. The fourth-order valence-electron chi connectivity index (χ4n) is 8.77. The molecule has 0 saturated carbocycles. The number of rotatable bonds is 52. The second-order valence-electron chi connectivity index (χ2n) is 19.7. The van der Waals surface area contributed by atoms with E-state index in [1.165, 1.54) is 167 Å². The van der Waals surface area contributed by atoms with Gasteiger partial charge in [-0.3, -0.25) is 9.59 Å². The van der Waals surface area contributed by atoms with E-state index in [0.717, 1.165) is 83.5 Å². The molecule has 0 aromatic heterocycles. The highest BCUT2D eigenvalue weighted by atomic mass is 16.5. The molecule has 6 nitrogen and oxygen atoms in total. The lowest BCUT2D eigenvalue weighted by Crippen LogP contribution is -2.46. The van der Waals surface area contributed by atoms with Crippen LogP contribution >= 0.6 is 0 Å². The van der Waals surface area contributed by atoms with Crippen molar-refractivity contribution in [1.82, 2.24) is 5.32 Å². The zero-order valence-corrected chi connectivity index (χ0v) is 44.1. The lowest BCUT2D eigenvalue weighted by molar-refractivity contribution is -0.151. The van der Waals surface area contributed by atoms with Gasteiger partial charge in [0.25, 0.3) is 0 Å². The van der Waals surface area contributed by atoms with E-state index in [-0.39, 0.29) is 24.9 Å². The van der Waals surface area contributed by atoms with E-state index >= 15 is 0 Å². The van der Waals surface area contributed by atoms with Gasteiger partial charge in [0.15, 0.2) is 0 Å². The Labute approximate surface area is 410 Å². The summed E-state index contributed by atoms with van der Waals surface area (Å²) in [6.45, 7) is 6.49. The fourth-order valence-corrected chi connectivity index (χ4v) is 8.77. The average molecular weight is 927 g/mol. The summed E-state index contributed by atoms with van der Waals surface area (Å²) >= 11 is 0. The van der Waals surface area contributed by atoms with Crippen LogP contribution < -0.4 is 5.32 Å². The Morgan fingerprint density at radius 1 is 0.439 bits per heavy atom. The number of ether oxygens (including phenoxy) is 1. The Balaban J connectivity index is 4.63. The first-order valence-corrected chi connectivity index (χ1v) is 28.9. The van der Waals surface area contributed by atoms with E-state index in [2.05, 4.69) is 74.7 Å². The van der Waals surface area contributed by atoms with Crippen LogP contribution in [-0.4, -0.2) is 46.9 Å².